The second-order valence-corrected chi connectivity index (χ2v) is 5.47. The number of carboxylic acid groups (broad SMARTS) is 1. The Morgan fingerprint density at radius 3 is 2.67 bits per heavy atom. The largest absolute Gasteiger partial charge is 0.478 e. The highest BCUT2D eigenvalue weighted by Crippen LogP contribution is 2.26. The fraction of sp³-hybridized carbons (Fsp3) is 0. The summed E-state index contributed by atoms with van der Waals surface area (Å²) >= 11 is 3.44. The van der Waals surface area contributed by atoms with Gasteiger partial charge in [0.2, 0.25) is 0 Å². The van der Waals surface area contributed by atoms with E-state index in [-0.39, 0.29) is 5.56 Å². The molecule has 3 aromatic rings. The van der Waals surface area contributed by atoms with E-state index in [4.69, 9.17) is 5.11 Å². The minimum absolute atomic E-state index is 0.147. The topological polar surface area (TPSA) is 62.2 Å². The zero-order chi connectivity index (χ0) is 14.8. The molecule has 0 spiro atoms. The third kappa shape index (κ3) is 2.87. The molecule has 0 aliphatic carbocycles. The van der Waals surface area contributed by atoms with E-state index >= 15 is 0 Å². The Balaban J connectivity index is 1.99. The third-order valence-corrected chi connectivity index (χ3v) is 3.63. The molecular formula is C16H11BrN2O2. The zero-order valence-corrected chi connectivity index (χ0v) is 12.5. The van der Waals surface area contributed by atoms with Crippen molar-refractivity contribution in [2.24, 2.45) is 0 Å². The highest BCUT2D eigenvalue weighted by atomic mass is 79.9. The molecule has 0 radical (unpaired) electrons. The summed E-state index contributed by atoms with van der Waals surface area (Å²) in [6.07, 6.45) is 2.90. The Bertz CT molecular complexity index is 833. The second kappa shape index (κ2) is 5.54. The van der Waals surface area contributed by atoms with E-state index in [2.05, 4.69) is 26.2 Å². The lowest BCUT2D eigenvalue weighted by atomic mass is 10.1. The molecular weight excluding hydrogens is 332 g/mol. The van der Waals surface area contributed by atoms with Gasteiger partial charge in [0.1, 0.15) is 5.56 Å². The van der Waals surface area contributed by atoms with Crippen molar-refractivity contribution in [1.29, 1.82) is 0 Å². The predicted molar refractivity (Wildman–Crippen MR) is 86.1 cm³/mol. The molecule has 0 amide bonds. The summed E-state index contributed by atoms with van der Waals surface area (Å²) in [5, 5.41) is 14.5. The van der Waals surface area contributed by atoms with Crippen molar-refractivity contribution in [1.82, 2.24) is 4.98 Å². The van der Waals surface area contributed by atoms with Gasteiger partial charge in [0, 0.05) is 22.6 Å². The molecule has 0 unspecified atom stereocenters. The number of carbonyl (C=O) groups is 1. The number of hydrogen-bond donors (Lipinski definition) is 2. The molecule has 2 N–H and O–H groups in total. The first-order chi connectivity index (χ1) is 10.1. The normalized spacial score (nSPS) is 10.5. The molecule has 0 atom stereocenters. The third-order valence-electron chi connectivity index (χ3n) is 3.13. The molecule has 0 bridgehead atoms. The Morgan fingerprint density at radius 1 is 1.10 bits per heavy atom. The molecule has 3 rings (SSSR count). The van der Waals surface area contributed by atoms with Crippen LogP contribution < -0.4 is 5.32 Å². The van der Waals surface area contributed by atoms with Gasteiger partial charge in [-0.1, -0.05) is 28.1 Å². The molecule has 1 aromatic heterocycles. The summed E-state index contributed by atoms with van der Waals surface area (Å²) in [6, 6.07) is 13.6. The Morgan fingerprint density at radius 2 is 1.86 bits per heavy atom. The number of hydrogen-bond acceptors (Lipinski definition) is 3. The Hall–Kier alpha value is -2.40. The van der Waals surface area contributed by atoms with E-state index in [0.29, 0.717) is 5.69 Å². The monoisotopic (exact) mass is 342 g/mol. The fourth-order valence-corrected chi connectivity index (χ4v) is 2.50. The maximum Gasteiger partial charge on any atom is 0.339 e. The lowest BCUT2D eigenvalue weighted by molar-refractivity contribution is 0.0697. The number of aromatic nitrogens is 1. The van der Waals surface area contributed by atoms with Crippen LogP contribution >= 0.6 is 15.9 Å². The molecule has 4 nitrogen and oxygen atoms in total. The number of rotatable bonds is 3. The first-order valence-electron chi connectivity index (χ1n) is 6.27. The molecule has 2 aromatic carbocycles. The molecule has 0 saturated heterocycles. The number of benzene rings is 2. The summed E-state index contributed by atoms with van der Waals surface area (Å²) < 4.78 is 1.03. The van der Waals surface area contributed by atoms with Gasteiger partial charge in [0.05, 0.1) is 5.69 Å². The quantitative estimate of drug-likeness (QED) is 0.738. The van der Waals surface area contributed by atoms with E-state index in [9.17, 15) is 4.79 Å². The van der Waals surface area contributed by atoms with E-state index < -0.39 is 5.97 Å². The van der Waals surface area contributed by atoms with E-state index in [1.807, 2.05) is 36.4 Å². The van der Waals surface area contributed by atoms with Crippen LogP contribution in [0.3, 0.4) is 0 Å². The Labute approximate surface area is 129 Å². The minimum atomic E-state index is -1.00. The lowest BCUT2D eigenvalue weighted by Crippen LogP contribution is -2.03. The van der Waals surface area contributed by atoms with Crippen LogP contribution in [0.5, 0.6) is 0 Å². The van der Waals surface area contributed by atoms with Crippen LogP contribution in [0.15, 0.2) is 59.3 Å². The van der Waals surface area contributed by atoms with Crippen molar-refractivity contribution in [3.8, 4) is 0 Å². The van der Waals surface area contributed by atoms with Gasteiger partial charge in [-0.05, 0) is 41.1 Å². The average molecular weight is 343 g/mol. The van der Waals surface area contributed by atoms with Crippen molar-refractivity contribution < 1.29 is 9.90 Å². The van der Waals surface area contributed by atoms with Gasteiger partial charge in [-0.25, -0.2) is 4.79 Å². The minimum Gasteiger partial charge on any atom is -0.478 e. The number of halogens is 1. The lowest BCUT2D eigenvalue weighted by Gasteiger charge is -2.10. The number of nitrogens with zero attached hydrogens (tertiary/aromatic N) is 1. The fourth-order valence-electron chi connectivity index (χ4n) is 2.12. The number of aromatic carboxylic acids is 1. The summed E-state index contributed by atoms with van der Waals surface area (Å²) in [7, 11) is 0. The van der Waals surface area contributed by atoms with Crippen LogP contribution in [0.2, 0.25) is 0 Å². The zero-order valence-electron chi connectivity index (χ0n) is 10.9. The van der Waals surface area contributed by atoms with E-state index in [1.165, 1.54) is 6.20 Å². The molecule has 0 fully saturated rings. The molecule has 21 heavy (non-hydrogen) atoms. The number of nitrogens with one attached hydrogen (secondary N) is 1. The van der Waals surface area contributed by atoms with Crippen LogP contribution in [0.4, 0.5) is 11.4 Å². The number of carboxylic acids is 1. The maximum absolute atomic E-state index is 11.2. The highest BCUT2D eigenvalue weighted by Gasteiger charge is 2.10. The van der Waals surface area contributed by atoms with Crippen molar-refractivity contribution in [2.45, 2.75) is 0 Å². The van der Waals surface area contributed by atoms with Gasteiger partial charge >= 0.3 is 5.97 Å². The van der Waals surface area contributed by atoms with Gasteiger partial charge in [0.25, 0.3) is 0 Å². The van der Waals surface area contributed by atoms with Crippen LogP contribution in [0.25, 0.3) is 10.8 Å². The van der Waals surface area contributed by atoms with Gasteiger partial charge in [-0.2, -0.15) is 0 Å². The molecule has 0 aliphatic rings. The van der Waals surface area contributed by atoms with E-state index in [0.717, 1.165) is 20.9 Å². The summed E-state index contributed by atoms with van der Waals surface area (Å²) in [6.45, 7) is 0. The van der Waals surface area contributed by atoms with Crippen molar-refractivity contribution in [3.05, 3.63) is 64.9 Å². The van der Waals surface area contributed by atoms with Crippen molar-refractivity contribution in [3.63, 3.8) is 0 Å². The predicted octanol–water partition coefficient (Wildman–Crippen LogP) is 4.44. The molecule has 1 heterocycles. The Kier molecular flexibility index (Phi) is 3.58. The van der Waals surface area contributed by atoms with Crippen LogP contribution in [0.1, 0.15) is 10.4 Å². The van der Waals surface area contributed by atoms with Crippen molar-refractivity contribution in [2.75, 3.05) is 5.32 Å². The smallest absolute Gasteiger partial charge is 0.339 e. The van der Waals surface area contributed by atoms with Crippen LogP contribution in [0, 0.1) is 0 Å². The molecule has 5 heteroatoms. The number of pyridine rings is 1. The highest BCUT2D eigenvalue weighted by molar-refractivity contribution is 9.10. The molecule has 0 aliphatic heterocycles. The standard InChI is InChI=1S/C16H11BrN2O2/c17-12-3-1-11-8-13(4-2-10(11)7-12)19-15-5-6-18-9-14(15)16(20)21/h1-9H,(H,18,19)(H,20,21). The number of fused-ring (bicyclic) bond motifs is 1. The first kappa shape index (κ1) is 13.6. The summed E-state index contributed by atoms with van der Waals surface area (Å²) in [4.78, 5) is 15.0. The van der Waals surface area contributed by atoms with Gasteiger partial charge in [-0.15, -0.1) is 0 Å². The van der Waals surface area contributed by atoms with E-state index in [1.54, 1.807) is 12.3 Å². The van der Waals surface area contributed by atoms with Gasteiger partial charge in [0.15, 0.2) is 0 Å². The van der Waals surface area contributed by atoms with Crippen molar-refractivity contribution >= 4 is 44.0 Å². The van der Waals surface area contributed by atoms with Gasteiger partial charge in [-0.3, -0.25) is 4.98 Å². The van der Waals surface area contributed by atoms with Crippen LogP contribution in [-0.4, -0.2) is 16.1 Å². The average Bonchev–Trinajstić information content (AvgIpc) is 2.48. The maximum atomic E-state index is 11.2. The molecule has 0 saturated carbocycles. The number of anilines is 2. The first-order valence-corrected chi connectivity index (χ1v) is 7.06. The summed E-state index contributed by atoms with van der Waals surface area (Å²) in [5.41, 5.74) is 1.50. The van der Waals surface area contributed by atoms with Crippen LogP contribution in [-0.2, 0) is 0 Å². The molecule has 104 valence electrons. The SMILES string of the molecule is O=C(O)c1cnccc1Nc1ccc2cc(Br)ccc2c1. The second-order valence-electron chi connectivity index (χ2n) is 4.56. The van der Waals surface area contributed by atoms with Gasteiger partial charge < -0.3 is 10.4 Å². The summed E-state index contributed by atoms with van der Waals surface area (Å²) in [5.74, 6) is -1.00.